The van der Waals surface area contributed by atoms with E-state index in [1.807, 2.05) is 12.3 Å². The average Bonchev–Trinajstić information content (AvgIpc) is 2.51. The number of nitrogens with zero attached hydrogens (tertiary/aromatic N) is 2. The van der Waals surface area contributed by atoms with Crippen LogP contribution in [-0.4, -0.2) is 45.9 Å². The number of hydrogen-bond donors (Lipinski definition) is 1. The predicted molar refractivity (Wildman–Crippen MR) is 83.5 cm³/mol. The van der Waals surface area contributed by atoms with E-state index in [0.29, 0.717) is 12.1 Å². The van der Waals surface area contributed by atoms with Crippen molar-refractivity contribution in [3.8, 4) is 0 Å². The van der Waals surface area contributed by atoms with E-state index in [1.165, 1.54) is 12.8 Å². The third-order valence-electron chi connectivity index (χ3n) is 4.33. The average molecular weight is 293 g/mol. The van der Waals surface area contributed by atoms with E-state index in [2.05, 4.69) is 27.3 Å². The second-order valence-corrected chi connectivity index (χ2v) is 7.43. The lowest BCUT2D eigenvalue weighted by Gasteiger charge is -2.36. The number of pyridine rings is 1. The lowest BCUT2D eigenvalue weighted by atomic mass is 10.0. The van der Waals surface area contributed by atoms with E-state index in [1.54, 1.807) is 0 Å². The zero-order chi connectivity index (χ0) is 13.8. The largest absolute Gasteiger partial charge is 0.357 e. The topological polar surface area (TPSA) is 45.2 Å². The highest BCUT2D eigenvalue weighted by atomic mass is 32.2. The van der Waals surface area contributed by atoms with Gasteiger partial charge in [0.15, 0.2) is 0 Å². The molecule has 0 radical (unpaired) electrons. The van der Waals surface area contributed by atoms with Crippen molar-refractivity contribution in [3.63, 3.8) is 0 Å². The summed E-state index contributed by atoms with van der Waals surface area (Å²) in [5, 5.41) is 3.77. The van der Waals surface area contributed by atoms with Gasteiger partial charge in [-0.05, 0) is 37.8 Å². The molecule has 1 aromatic rings. The molecule has 1 N–H and O–H groups in total. The lowest BCUT2D eigenvalue weighted by Crippen LogP contribution is -2.48. The van der Waals surface area contributed by atoms with E-state index in [0.717, 1.165) is 43.3 Å². The van der Waals surface area contributed by atoms with Crippen LogP contribution >= 0.6 is 0 Å². The minimum atomic E-state index is -0.555. The first-order valence-corrected chi connectivity index (χ1v) is 9.07. The first kappa shape index (κ1) is 14.0. The molecule has 0 amide bonds. The summed E-state index contributed by atoms with van der Waals surface area (Å²) in [4.78, 5) is 6.79. The van der Waals surface area contributed by atoms with Crippen molar-refractivity contribution in [2.24, 2.45) is 0 Å². The Morgan fingerprint density at radius 3 is 2.45 bits per heavy atom. The molecule has 0 bridgehead atoms. The molecule has 0 spiro atoms. The molecule has 0 unspecified atom stereocenters. The van der Waals surface area contributed by atoms with Crippen LogP contribution in [0, 0.1) is 0 Å². The van der Waals surface area contributed by atoms with Gasteiger partial charge >= 0.3 is 0 Å². The number of rotatable bonds is 3. The van der Waals surface area contributed by atoms with Crippen molar-refractivity contribution in [1.29, 1.82) is 0 Å². The third kappa shape index (κ3) is 3.58. The maximum atomic E-state index is 11.4. The van der Waals surface area contributed by atoms with Gasteiger partial charge in [-0.2, -0.15) is 0 Å². The van der Waals surface area contributed by atoms with E-state index >= 15 is 0 Å². The molecular formula is C15H23N3OS. The van der Waals surface area contributed by atoms with Crippen LogP contribution in [0.2, 0.25) is 0 Å². The van der Waals surface area contributed by atoms with Crippen LogP contribution in [-0.2, 0) is 10.8 Å². The van der Waals surface area contributed by atoms with Gasteiger partial charge < -0.3 is 10.2 Å². The van der Waals surface area contributed by atoms with Crippen LogP contribution in [0.5, 0.6) is 0 Å². The summed E-state index contributed by atoms with van der Waals surface area (Å²) in [6, 6.07) is 7.30. The van der Waals surface area contributed by atoms with E-state index in [9.17, 15) is 4.21 Å². The normalized spacial score (nSPS) is 28.5. The van der Waals surface area contributed by atoms with Crippen LogP contribution in [0.3, 0.4) is 0 Å². The minimum Gasteiger partial charge on any atom is -0.357 e. The van der Waals surface area contributed by atoms with Gasteiger partial charge in [-0.1, -0.05) is 6.07 Å². The highest BCUT2D eigenvalue weighted by Crippen LogP contribution is 2.19. The molecule has 0 saturated carbocycles. The molecule has 2 saturated heterocycles. The summed E-state index contributed by atoms with van der Waals surface area (Å²) >= 11 is 0. The fourth-order valence-electron chi connectivity index (χ4n) is 3.11. The Hall–Kier alpha value is -0.940. The van der Waals surface area contributed by atoms with Crippen molar-refractivity contribution >= 4 is 16.6 Å². The zero-order valence-corrected chi connectivity index (χ0v) is 12.6. The monoisotopic (exact) mass is 293 g/mol. The molecule has 2 fully saturated rings. The molecule has 0 aliphatic carbocycles. The SMILES string of the molecule is O=S1CCC(NC2CCN(c3ccccn3)CC2)CC1. The molecule has 0 aromatic carbocycles. The van der Waals surface area contributed by atoms with Crippen molar-refractivity contribution in [1.82, 2.24) is 10.3 Å². The van der Waals surface area contributed by atoms with Gasteiger partial charge in [0.25, 0.3) is 0 Å². The molecule has 1 aromatic heterocycles. The van der Waals surface area contributed by atoms with Crippen molar-refractivity contribution in [2.45, 2.75) is 37.8 Å². The Morgan fingerprint density at radius 2 is 1.80 bits per heavy atom. The Labute approximate surface area is 123 Å². The number of aromatic nitrogens is 1. The number of anilines is 1. The summed E-state index contributed by atoms with van der Waals surface area (Å²) in [7, 11) is -0.555. The zero-order valence-electron chi connectivity index (χ0n) is 11.8. The number of nitrogens with one attached hydrogen (secondary N) is 1. The molecule has 110 valence electrons. The number of piperidine rings is 1. The molecule has 4 nitrogen and oxygen atoms in total. The maximum absolute atomic E-state index is 11.4. The molecular weight excluding hydrogens is 270 g/mol. The van der Waals surface area contributed by atoms with Crippen LogP contribution in [0.4, 0.5) is 5.82 Å². The highest BCUT2D eigenvalue weighted by molar-refractivity contribution is 7.85. The van der Waals surface area contributed by atoms with Crippen molar-refractivity contribution in [2.75, 3.05) is 29.5 Å². The van der Waals surface area contributed by atoms with Gasteiger partial charge in [0, 0.05) is 53.7 Å². The molecule has 2 aliphatic heterocycles. The second-order valence-electron chi connectivity index (χ2n) is 5.74. The van der Waals surface area contributed by atoms with E-state index in [4.69, 9.17) is 0 Å². The summed E-state index contributed by atoms with van der Waals surface area (Å²) in [5.41, 5.74) is 0. The predicted octanol–water partition coefficient (Wildman–Crippen LogP) is 1.55. The first-order chi connectivity index (χ1) is 9.81. The standard InChI is InChI=1S/C15H23N3OS/c19-20-11-6-14(7-12-20)17-13-4-9-18(10-5-13)15-3-1-2-8-16-15/h1-3,8,13-14,17H,4-7,9-12H2. The summed E-state index contributed by atoms with van der Waals surface area (Å²) in [5.74, 6) is 2.86. The van der Waals surface area contributed by atoms with Crippen LogP contribution in [0.15, 0.2) is 24.4 Å². The fourth-order valence-corrected chi connectivity index (χ4v) is 4.41. The smallest absolute Gasteiger partial charge is 0.128 e. The van der Waals surface area contributed by atoms with Crippen LogP contribution in [0.1, 0.15) is 25.7 Å². The maximum Gasteiger partial charge on any atom is 0.128 e. The molecule has 3 rings (SSSR count). The van der Waals surface area contributed by atoms with Gasteiger partial charge in [0.2, 0.25) is 0 Å². The van der Waals surface area contributed by atoms with Gasteiger partial charge in [0.05, 0.1) is 0 Å². The van der Waals surface area contributed by atoms with Crippen LogP contribution in [0.25, 0.3) is 0 Å². The van der Waals surface area contributed by atoms with E-state index < -0.39 is 10.8 Å². The minimum absolute atomic E-state index is 0.555. The molecule has 2 aliphatic rings. The number of hydrogen-bond acceptors (Lipinski definition) is 4. The van der Waals surface area contributed by atoms with E-state index in [-0.39, 0.29) is 0 Å². The van der Waals surface area contributed by atoms with Crippen molar-refractivity contribution < 1.29 is 4.21 Å². The van der Waals surface area contributed by atoms with Crippen LogP contribution < -0.4 is 10.2 Å². The van der Waals surface area contributed by atoms with Gasteiger partial charge in [-0.25, -0.2) is 4.98 Å². The first-order valence-electron chi connectivity index (χ1n) is 7.58. The van der Waals surface area contributed by atoms with Gasteiger partial charge in [0.1, 0.15) is 5.82 Å². The van der Waals surface area contributed by atoms with Gasteiger partial charge in [-0.15, -0.1) is 0 Å². The summed E-state index contributed by atoms with van der Waals surface area (Å²) < 4.78 is 11.4. The molecule has 5 heteroatoms. The Morgan fingerprint density at radius 1 is 1.10 bits per heavy atom. The second kappa shape index (κ2) is 6.68. The van der Waals surface area contributed by atoms with Gasteiger partial charge in [-0.3, -0.25) is 4.21 Å². The quantitative estimate of drug-likeness (QED) is 0.918. The fraction of sp³-hybridized carbons (Fsp3) is 0.667. The molecule has 20 heavy (non-hydrogen) atoms. The highest BCUT2D eigenvalue weighted by Gasteiger charge is 2.24. The summed E-state index contributed by atoms with van der Waals surface area (Å²) in [6.45, 7) is 2.15. The van der Waals surface area contributed by atoms with Crippen molar-refractivity contribution in [3.05, 3.63) is 24.4 Å². The Balaban J connectivity index is 1.46. The molecule has 3 heterocycles. The Kier molecular flexibility index (Phi) is 4.68. The molecule has 0 atom stereocenters. The third-order valence-corrected chi connectivity index (χ3v) is 5.71. The summed E-state index contributed by atoms with van der Waals surface area (Å²) in [6.07, 6.45) is 6.37. The Bertz CT molecular complexity index is 436. The lowest BCUT2D eigenvalue weighted by molar-refractivity contribution is 0.351.